The lowest BCUT2D eigenvalue weighted by Gasteiger charge is -2.48. The van der Waals surface area contributed by atoms with Crippen molar-refractivity contribution in [1.29, 1.82) is 0 Å². The molecule has 0 radical (unpaired) electrons. The molecule has 1 heterocycles. The van der Waals surface area contributed by atoms with Gasteiger partial charge in [-0.15, -0.1) is 11.8 Å². The molecule has 1 N–H and O–H groups in total. The Labute approximate surface area is 114 Å². The van der Waals surface area contributed by atoms with Crippen molar-refractivity contribution in [2.75, 3.05) is 19.6 Å². The summed E-state index contributed by atoms with van der Waals surface area (Å²) in [5.74, 6) is 6.92. The summed E-state index contributed by atoms with van der Waals surface area (Å²) in [6.45, 7) is 14.6. The fraction of sp³-hybridized carbons (Fsp3) is 0.875. The average Bonchev–Trinajstić information content (AvgIpc) is 2.38. The maximum absolute atomic E-state index is 3.81. The molecule has 2 heteroatoms. The van der Waals surface area contributed by atoms with Crippen molar-refractivity contribution < 1.29 is 0 Å². The zero-order valence-electron chi connectivity index (χ0n) is 12.8. The van der Waals surface area contributed by atoms with Gasteiger partial charge in [0.25, 0.3) is 0 Å². The van der Waals surface area contributed by atoms with Gasteiger partial charge >= 0.3 is 0 Å². The van der Waals surface area contributed by atoms with E-state index in [-0.39, 0.29) is 0 Å². The first-order valence-corrected chi connectivity index (χ1v) is 7.47. The first-order chi connectivity index (χ1) is 8.58. The van der Waals surface area contributed by atoms with Gasteiger partial charge in [0.2, 0.25) is 0 Å². The molecule has 18 heavy (non-hydrogen) atoms. The van der Waals surface area contributed by atoms with Crippen LogP contribution >= 0.6 is 0 Å². The van der Waals surface area contributed by atoms with Crippen LogP contribution in [0.15, 0.2) is 0 Å². The molecule has 0 aromatic heterocycles. The molecule has 0 aliphatic carbocycles. The summed E-state index contributed by atoms with van der Waals surface area (Å²) in [4.78, 5) is 2.67. The Kier molecular flexibility index (Phi) is 6.18. The Hall–Kier alpha value is -0.520. The van der Waals surface area contributed by atoms with E-state index in [1.165, 1.54) is 19.4 Å². The van der Waals surface area contributed by atoms with E-state index in [1.54, 1.807) is 0 Å². The van der Waals surface area contributed by atoms with Gasteiger partial charge in [-0.1, -0.05) is 27.7 Å². The number of piperazine rings is 1. The van der Waals surface area contributed by atoms with Gasteiger partial charge in [0.05, 0.1) is 0 Å². The summed E-state index contributed by atoms with van der Waals surface area (Å²) in [5.41, 5.74) is 0.324. The van der Waals surface area contributed by atoms with Crippen molar-refractivity contribution in [3.63, 3.8) is 0 Å². The molecule has 1 rings (SSSR count). The quantitative estimate of drug-likeness (QED) is 0.755. The lowest BCUT2D eigenvalue weighted by atomic mass is 9.86. The number of nitrogens with one attached hydrogen (secondary N) is 1. The van der Waals surface area contributed by atoms with E-state index in [1.807, 2.05) is 6.92 Å². The normalized spacial score (nSPS) is 23.8. The van der Waals surface area contributed by atoms with Crippen LogP contribution in [0.25, 0.3) is 0 Å². The number of hydrogen-bond acceptors (Lipinski definition) is 2. The lowest BCUT2D eigenvalue weighted by molar-refractivity contribution is 0.0523. The zero-order valence-corrected chi connectivity index (χ0v) is 12.8. The highest BCUT2D eigenvalue weighted by Gasteiger charge is 2.37. The van der Waals surface area contributed by atoms with Gasteiger partial charge in [0.1, 0.15) is 0 Å². The van der Waals surface area contributed by atoms with Crippen LogP contribution in [0, 0.1) is 17.8 Å². The second kappa shape index (κ2) is 7.16. The molecular formula is C16H30N2. The van der Waals surface area contributed by atoms with Gasteiger partial charge in [-0.05, 0) is 25.7 Å². The molecule has 104 valence electrons. The van der Waals surface area contributed by atoms with Crippen molar-refractivity contribution in [2.45, 2.75) is 65.5 Å². The Morgan fingerprint density at radius 2 is 2.00 bits per heavy atom. The van der Waals surface area contributed by atoms with Crippen LogP contribution < -0.4 is 5.32 Å². The van der Waals surface area contributed by atoms with Crippen molar-refractivity contribution >= 4 is 0 Å². The predicted octanol–water partition coefficient (Wildman–Crippen LogP) is 2.89. The van der Waals surface area contributed by atoms with Gasteiger partial charge < -0.3 is 5.32 Å². The van der Waals surface area contributed by atoms with Crippen molar-refractivity contribution in [1.82, 2.24) is 10.2 Å². The molecule has 1 aliphatic rings. The maximum atomic E-state index is 3.81. The van der Waals surface area contributed by atoms with Crippen LogP contribution in [0.3, 0.4) is 0 Å². The Morgan fingerprint density at radius 1 is 1.33 bits per heavy atom. The number of hydrogen-bond donors (Lipinski definition) is 1. The van der Waals surface area contributed by atoms with E-state index in [4.69, 9.17) is 0 Å². The predicted molar refractivity (Wildman–Crippen MR) is 79.6 cm³/mol. The van der Waals surface area contributed by atoms with Crippen molar-refractivity contribution in [2.24, 2.45) is 5.92 Å². The van der Waals surface area contributed by atoms with Gasteiger partial charge in [0, 0.05) is 37.6 Å². The minimum atomic E-state index is 0.324. The number of nitrogens with zero attached hydrogens (tertiary/aromatic N) is 1. The Balaban J connectivity index is 2.71. The molecule has 1 unspecified atom stereocenters. The molecular weight excluding hydrogens is 220 g/mol. The van der Waals surface area contributed by atoms with Crippen molar-refractivity contribution in [3.05, 3.63) is 0 Å². The van der Waals surface area contributed by atoms with Gasteiger partial charge in [-0.3, -0.25) is 4.90 Å². The summed E-state index contributed by atoms with van der Waals surface area (Å²) >= 11 is 0. The van der Waals surface area contributed by atoms with E-state index >= 15 is 0 Å². The molecule has 0 aromatic rings. The number of rotatable bonds is 5. The van der Waals surface area contributed by atoms with E-state index in [9.17, 15) is 0 Å². The van der Waals surface area contributed by atoms with E-state index in [2.05, 4.69) is 49.8 Å². The minimum Gasteiger partial charge on any atom is -0.308 e. The third-order valence-corrected chi connectivity index (χ3v) is 4.48. The fourth-order valence-corrected chi connectivity index (χ4v) is 2.96. The molecule has 2 nitrogen and oxygen atoms in total. The highest BCUT2D eigenvalue weighted by molar-refractivity contribution is 5.00. The molecule has 1 saturated heterocycles. The van der Waals surface area contributed by atoms with Gasteiger partial charge in [-0.2, -0.15) is 0 Å². The maximum Gasteiger partial charge on any atom is 0.0304 e. The van der Waals surface area contributed by atoms with Crippen molar-refractivity contribution in [3.8, 4) is 11.8 Å². The second-order valence-electron chi connectivity index (χ2n) is 5.83. The highest BCUT2D eigenvalue weighted by Crippen LogP contribution is 2.25. The van der Waals surface area contributed by atoms with Gasteiger partial charge in [-0.25, -0.2) is 0 Å². The van der Waals surface area contributed by atoms with Crippen LogP contribution in [0.2, 0.25) is 0 Å². The van der Waals surface area contributed by atoms with Crippen LogP contribution in [0.5, 0.6) is 0 Å². The topological polar surface area (TPSA) is 15.3 Å². The second-order valence-corrected chi connectivity index (χ2v) is 5.83. The molecule has 1 fully saturated rings. The monoisotopic (exact) mass is 250 g/mol. The largest absolute Gasteiger partial charge is 0.308 e. The van der Waals surface area contributed by atoms with Crippen LogP contribution in [0.4, 0.5) is 0 Å². The third kappa shape index (κ3) is 3.73. The standard InChI is InChI=1S/C16H30N2/c1-6-9-10-11-18-13-16(7-2,8-3)17-12-15(18)14(4)5/h14-15,17H,7-8,10-13H2,1-5H3. The third-order valence-electron chi connectivity index (χ3n) is 4.48. The summed E-state index contributed by atoms with van der Waals surface area (Å²) in [7, 11) is 0. The van der Waals surface area contributed by atoms with Gasteiger partial charge in [0.15, 0.2) is 0 Å². The zero-order chi connectivity index (χ0) is 13.6. The average molecular weight is 250 g/mol. The lowest BCUT2D eigenvalue weighted by Crippen LogP contribution is -2.65. The summed E-state index contributed by atoms with van der Waals surface area (Å²) in [6, 6.07) is 0.662. The van der Waals surface area contributed by atoms with Crippen LogP contribution in [-0.4, -0.2) is 36.1 Å². The summed E-state index contributed by atoms with van der Waals surface area (Å²) < 4.78 is 0. The smallest absolute Gasteiger partial charge is 0.0304 e. The van der Waals surface area contributed by atoms with E-state index < -0.39 is 0 Å². The molecule has 0 aromatic carbocycles. The summed E-state index contributed by atoms with van der Waals surface area (Å²) in [6.07, 6.45) is 3.43. The van der Waals surface area contributed by atoms with E-state index in [0.29, 0.717) is 17.5 Å². The molecule has 0 saturated carbocycles. The van der Waals surface area contributed by atoms with E-state index in [0.717, 1.165) is 19.5 Å². The van der Waals surface area contributed by atoms with Crippen LogP contribution in [0.1, 0.15) is 53.9 Å². The summed E-state index contributed by atoms with van der Waals surface area (Å²) in [5, 5.41) is 3.81. The highest BCUT2D eigenvalue weighted by atomic mass is 15.3. The molecule has 1 aliphatic heterocycles. The molecule has 0 spiro atoms. The van der Waals surface area contributed by atoms with Crippen LogP contribution in [-0.2, 0) is 0 Å². The Morgan fingerprint density at radius 3 is 2.50 bits per heavy atom. The first-order valence-electron chi connectivity index (χ1n) is 7.47. The molecule has 0 amide bonds. The fourth-order valence-electron chi connectivity index (χ4n) is 2.96. The first kappa shape index (κ1) is 15.5. The minimum absolute atomic E-state index is 0.324. The SMILES string of the molecule is CC#CCCN1CC(CC)(CC)NCC1C(C)C. The molecule has 0 bridgehead atoms. The molecule has 1 atom stereocenters. The Bertz CT molecular complexity index is 294.